The summed E-state index contributed by atoms with van der Waals surface area (Å²) in [6.45, 7) is 8.73. The van der Waals surface area contributed by atoms with Crippen molar-refractivity contribution in [2.24, 2.45) is 4.99 Å². The van der Waals surface area contributed by atoms with Gasteiger partial charge in [-0.1, -0.05) is 30.3 Å². The summed E-state index contributed by atoms with van der Waals surface area (Å²) in [4.78, 5) is 21.0. The van der Waals surface area contributed by atoms with Crippen LogP contribution in [0.4, 0.5) is 4.79 Å². The standard InChI is InChI=1S/C21H31N5O2S/c1-15-25-17(14-29-15)11-12-23-19(22-5)24-13-18(16-9-7-6-8-10-16)26-20(27)28-21(2,3)4/h6-10,14,18H,11-13H2,1-5H3,(H,26,27)(H2,22,23,24). The van der Waals surface area contributed by atoms with Gasteiger partial charge < -0.3 is 20.7 Å². The first-order valence-electron chi connectivity index (χ1n) is 9.67. The monoisotopic (exact) mass is 417 g/mol. The minimum absolute atomic E-state index is 0.259. The Morgan fingerprint density at radius 2 is 1.97 bits per heavy atom. The predicted molar refractivity (Wildman–Crippen MR) is 118 cm³/mol. The lowest BCUT2D eigenvalue weighted by Gasteiger charge is -2.24. The van der Waals surface area contributed by atoms with Crippen LogP contribution in [0.15, 0.2) is 40.7 Å². The minimum Gasteiger partial charge on any atom is -0.444 e. The molecule has 1 heterocycles. The summed E-state index contributed by atoms with van der Waals surface area (Å²) < 4.78 is 5.41. The van der Waals surface area contributed by atoms with Crippen molar-refractivity contribution in [1.29, 1.82) is 0 Å². The van der Waals surface area contributed by atoms with Crippen molar-refractivity contribution in [3.63, 3.8) is 0 Å². The van der Waals surface area contributed by atoms with Crippen LogP contribution >= 0.6 is 11.3 Å². The Morgan fingerprint density at radius 3 is 2.55 bits per heavy atom. The first-order valence-corrected chi connectivity index (χ1v) is 10.5. The molecular formula is C21H31N5O2S. The van der Waals surface area contributed by atoms with E-state index in [1.165, 1.54) is 0 Å². The number of benzene rings is 1. The number of carbonyl (C=O) groups is 1. The number of hydrogen-bond donors (Lipinski definition) is 3. The second-order valence-corrected chi connectivity index (χ2v) is 8.66. The molecule has 0 spiro atoms. The fraction of sp³-hybridized carbons (Fsp3) is 0.476. The van der Waals surface area contributed by atoms with Crippen LogP contribution in [0.2, 0.25) is 0 Å². The first-order chi connectivity index (χ1) is 13.8. The molecule has 0 aliphatic carbocycles. The second kappa shape index (κ2) is 10.8. The van der Waals surface area contributed by atoms with Crippen LogP contribution in [0.5, 0.6) is 0 Å². The van der Waals surface area contributed by atoms with Crippen LogP contribution in [-0.2, 0) is 11.2 Å². The number of aryl methyl sites for hydroxylation is 1. The normalized spacial score (nSPS) is 12.9. The summed E-state index contributed by atoms with van der Waals surface area (Å²) in [5, 5.41) is 12.6. The highest BCUT2D eigenvalue weighted by Crippen LogP contribution is 2.14. The van der Waals surface area contributed by atoms with E-state index in [2.05, 4.69) is 31.3 Å². The average molecular weight is 418 g/mol. The lowest BCUT2D eigenvalue weighted by molar-refractivity contribution is 0.0504. The van der Waals surface area contributed by atoms with Gasteiger partial charge in [-0.25, -0.2) is 9.78 Å². The predicted octanol–water partition coefficient (Wildman–Crippen LogP) is 3.43. The van der Waals surface area contributed by atoms with Gasteiger partial charge in [0.2, 0.25) is 0 Å². The molecule has 1 aromatic heterocycles. The molecule has 1 amide bonds. The van der Waals surface area contributed by atoms with Crippen LogP contribution in [0.3, 0.4) is 0 Å². The van der Waals surface area contributed by atoms with Gasteiger partial charge in [-0.2, -0.15) is 0 Å². The quantitative estimate of drug-likeness (QED) is 0.475. The largest absolute Gasteiger partial charge is 0.444 e. The number of carbonyl (C=O) groups excluding carboxylic acids is 1. The van der Waals surface area contributed by atoms with E-state index in [1.807, 2.05) is 58.0 Å². The molecule has 2 rings (SSSR count). The number of amides is 1. The summed E-state index contributed by atoms with van der Waals surface area (Å²) in [7, 11) is 1.72. The Labute approximate surface area is 177 Å². The van der Waals surface area contributed by atoms with E-state index in [0.717, 1.165) is 29.2 Å². The van der Waals surface area contributed by atoms with Crippen molar-refractivity contribution < 1.29 is 9.53 Å². The van der Waals surface area contributed by atoms with Gasteiger partial charge in [-0.05, 0) is 33.3 Å². The highest BCUT2D eigenvalue weighted by atomic mass is 32.1. The van der Waals surface area contributed by atoms with E-state index >= 15 is 0 Å². The summed E-state index contributed by atoms with van der Waals surface area (Å²) in [5.41, 5.74) is 1.51. The fourth-order valence-electron chi connectivity index (χ4n) is 2.64. The van der Waals surface area contributed by atoms with E-state index in [4.69, 9.17) is 4.74 Å². The van der Waals surface area contributed by atoms with E-state index < -0.39 is 11.7 Å². The summed E-state index contributed by atoms with van der Waals surface area (Å²) >= 11 is 1.65. The molecule has 1 unspecified atom stereocenters. The highest BCUT2D eigenvalue weighted by Gasteiger charge is 2.20. The molecule has 0 fully saturated rings. The van der Waals surface area contributed by atoms with E-state index in [-0.39, 0.29) is 6.04 Å². The number of aromatic nitrogens is 1. The molecule has 29 heavy (non-hydrogen) atoms. The minimum atomic E-state index is -0.551. The molecule has 2 aromatic rings. The Morgan fingerprint density at radius 1 is 1.24 bits per heavy atom. The average Bonchev–Trinajstić information content (AvgIpc) is 3.07. The summed E-state index contributed by atoms with van der Waals surface area (Å²) in [6.07, 6.45) is 0.374. The number of rotatable bonds is 7. The molecular weight excluding hydrogens is 386 g/mol. The molecule has 0 radical (unpaired) electrons. The van der Waals surface area contributed by atoms with Gasteiger partial charge in [0, 0.05) is 31.9 Å². The highest BCUT2D eigenvalue weighted by molar-refractivity contribution is 7.09. The third-order valence-electron chi connectivity index (χ3n) is 3.93. The van der Waals surface area contributed by atoms with Crippen molar-refractivity contribution in [2.75, 3.05) is 20.1 Å². The van der Waals surface area contributed by atoms with Crippen LogP contribution < -0.4 is 16.0 Å². The SMILES string of the molecule is CN=C(NCCc1csc(C)n1)NCC(NC(=O)OC(C)(C)C)c1ccccc1. The Kier molecular flexibility index (Phi) is 8.45. The number of nitrogens with zero attached hydrogens (tertiary/aromatic N) is 2. The molecule has 3 N–H and O–H groups in total. The van der Waals surface area contributed by atoms with E-state index in [0.29, 0.717) is 12.5 Å². The molecule has 0 bridgehead atoms. The van der Waals surface area contributed by atoms with E-state index in [1.54, 1.807) is 18.4 Å². The zero-order valence-corrected chi connectivity index (χ0v) is 18.6. The summed E-state index contributed by atoms with van der Waals surface area (Å²) in [6, 6.07) is 9.53. The van der Waals surface area contributed by atoms with Gasteiger partial charge in [0.05, 0.1) is 16.7 Å². The van der Waals surface area contributed by atoms with E-state index in [9.17, 15) is 4.79 Å². The number of hydrogen-bond acceptors (Lipinski definition) is 5. The van der Waals surface area contributed by atoms with Gasteiger partial charge in [-0.15, -0.1) is 11.3 Å². The van der Waals surface area contributed by atoms with Crippen LogP contribution in [-0.4, -0.2) is 42.8 Å². The van der Waals surface area contributed by atoms with Gasteiger partial charge in [0.1, 0.15) is 5.60 Å². The maximum atomic E-state index is 12.3. The Hall–Kier alpha value is -2.61. The zero-order valence-electron chi connectivity index (χ0n) is 17.8. The summed E-state index contributed by atoms with van der Waals surface area (Å²) in [5.74, 6) is 0.670. The van der Waals surface area contributed by atoms with Crippen LogP contribution in [0.1, 0.15) is 43.1 Å². The smallest absolute Gasteiger partial charge is 0.408 e. The van der Waals surface area contributed by atoms with Crippen molar-refractivity contribution in [2.45, 2.75) is 45.8 Å². The number of aliphatic imine (C=N–C) groups is 1. The number of ether oxygens (including phenoxy) is 1. The number of thiazole rings is 1. The van der Waals surface area contributed by atoms with Crippen molar-refractivity contribution in [3.05, 3.63) is 52.0 Å². The van der Waals surface area contributed by atoms with Gasteiger partial charge in [0.25, 0.3) is 0 Å². The molecule has 1 atom stereocenters. The lowest BCUT2D eigenvalue weighted by Crippen LogP contribution is -2.44. The molecule has 0 saturated carbocycles. The lowest BCUT2D eigenvalue weighted by atomic mass is 10.1. The maximum absolute atomic E-state index is 12.3. The van der Waals surface area contributed by atoms with Crippen molar-refractivity contribution in [3.8, 4) is 0 Å². The third-order valence-corrected chi connectivity index (χ3v) is 4.75. The number of nitrogens with one attached hydrogen (secondary N) is 3. The van der Waals surface area contributed by atoms with Gasteiger partial charge in [-0.3, -0.25) is 4.99 Å². The van der Waals surface area contributed by atoms with Crippen molar-refractivity contribution >= 4 is 23.4 Å². The third kappa shape index (κ3) is 8.51. The molecule has 0 saturated heterocycles. The topological polar surface area (TPSA) is 87.6 Å². The molecule has 158 valence electrons. The first kappa shape index (κ1) is 22.7. The number of guanidine groups is 1. The van der Waals surface area contributed by atoms with Crippen LogP contribution in [0, 0.1) is 6.92 Å². The van der Waals surface area contributed by atoms with Crippen molar-refractivity contribution in [1.82, 2.24) is 20.9 Å². The molecule has 7 nitrogen and oxygen atoms in total. The molecule has 1 aromatic carbocycles. The van der Waals surface area contributed by atoms with Gasteiger partial charge in [0.15, 0.2) is 5.96 Å². The molecule has 0 aliphatic heterocycles. The van der Waals surface area contributed by atoms with Crippen LogP contribution in [0.25, 0.3) is 0 Å². The van der Waals surface area contributed by atoms with Gasteiger partial charge >= 0.3 is 6.09 Å². The number of alkyl carbamates (subject to hydrolysis) is 1. The maximum Gasteiger partial charge on any atom is 0.408 e. The fourth-order valence-corrected chi connectivity index (χ4v) is 3.29. The Balaban J connectivity index is 1.91. The Bertz CT molecular complexity index is 799. The second-order valence-electron chi connectivity index (χ2n) is 7.60. The molecule has 8 heteroatoms. The molecule has 0 aliphatic rings. The zero-order chi connectivity index (χ0) is 21.3.